The van der Waals surface area contributed by atoms with Gasteiger partial charge in [0.05, 0.1) is 10.3 Å². The lowest BCUT2D eigenvalue weighted by Crippen LogP contribution is -2.14. The van der Waals surface area contributed by atoms with Gasteiger partial charge in [-0.1, -0.05) is 30.3 Å². The van der Waals surface area contributed by atoms with Crippen molar-refractivity contribution in [3.8, 4) is 0 Å². The number of nitrogens with zero attached hydrogens (tertiary/aromatic N) is 1. The molecule has 0 radical (unpaired) electrons. The van der Waals surface area contributed by atoms with Crippen molar-refractivity contribution in [3.05, 3.63) is 56.9 Å². The first-order valence-electron chi connectivity index (χ1n) is 6.22. The molecule has 0 atom stereocenters. The Hall–Kier alpha value is -1.63. The molecule has 0 amide bonds. The summed E-state index contributed by atoms with van der Waals surface area (Å²) in [5.41, 5.74) is 1.97. The number of hydrogen-bond acceptors (Lipinski definition) is 3. The highest BCUT2D eigenvalue weighted by Gasteiger charge is 2.19. The van der Waals surface area contributed by atoms with Gasteiger partial charge in [0.15, 0.2) is 6.29 Å². The van der Waals surface area contributed by atoms with E-state index in [9.17, 15) is 9.59 Å². The third-order valence-electron chi connectivity index (χ3n) is 2.85. The Morgan fingerprint density at radius 1 is 1.35 bits per heavy atom. The molecular weight excluding hydrogens is 369 g/mol. The van der Waals surface area contributed by atoms with Crippen molar-refractivity contribution in [3.63, 3.8) is 0 Å². The maximum atomic E-state index is 12.0. The van der Waals surface area contributed by atoms with E-state index in [-0.39, 0.29) is 0 Å². The number of benzene rings is 1. The Morgan fingerprint density at radius 2 is 2.05 bits per heavy atom. The van der Waals surface area contributed by atoms with Gasteiger partial charge in [0.2, 0.25) is 0 Å². The van der Waals surface area contributed by atoms with Crippen LogP contribution in [-0.2, 0) is 11.3 Å². The molecule has 0 aliphatic rings. The number of rotatable bonds is 5. The summed E-state index contributed by atoms with van der Waals surface area (Å²) in [6, 6.07) is 11.4. The largest absolute Gasteiger partial charge is 0.461 e. The zero-order chi connectivity index (χ0) is 14.5. The SMILES string of the molecule is CCOC(=O)c1cc(C=O)c(I)n1Cc1ccccc1. The van der Waals surface area contributed by atoms with E-state index in [0.717, 1.165) is 15.6 Å². The first kappa shape index (κ1) is 14.8. The summed E-state index contributed by atoms with van der Waals surface area (Å²) in [5, 5.41) is 0. The number of carbonyl (C=O) groups excluding carboxylic acids is 2. The van der Waals surface area contributed by atoms with Crippen LogP contribution in [0.3, 0.4) is 0 Å². The predicted octanol–water partition coefficient (Wildman–Crippen LogP) is 3.13. The third kappa shape index (κ3) is 3.09. The lowest BCUT2D eigenvalue weighted by Gasteiger charge is -2.10. The van der Waals surface area contributed by atoms with Gasteiger partial charge < -0.3 is 9.30 Å². The van der Waals surface area contributed by atoms with Gasteiger partial charge in [0, 0.05) is 12.1 Å². The highest BCUT2D eigenvalue weighted by molar-refractivity contribution is 14.1. The Bertz CT molecular complexity index is 620. The molecule has 1 aromatic carbocycles. The zero-order valence-electron chi connectivity index (χ0n) is 11.0. The number of halogens is 1. The Kier molecular flexibility index (Phi) is 4.94. The maximum Gasteiger partial charge on any atom is 0.354 e. The quantitative estimate of drug-likeness (QED) is 0.453. The summed E-state index contributed by atoms with van der Waals surface area (Å²) in [7, 11) is 0. The van der Waals surface area contributed by atoms with E-state index in [1.807, 2.05) is 30.3 Å². The number of esters is 1. The summed E-state index contributed by atoms with van der Waals surface area (Å²) in [4.78, 5) is 23.0. The van der Waals surface area contributed by atoms with Crippen LogP contribution < -0.4 is 0 Å². The monoisotopic (exact) mass is 383 g/mol. The van der Waals surface area contributed by atoms with E-state index in [1.54, 1.807) is 17.6 Å². The van der Waals surface area contributed by atoms with Gasteiger partial charge in [-0.3, -0.25) is 4.79 Å². The van der Waals surface area contributed by atoms with E-state index >= 15 is 0 Å². The van der Waals surface area contributed by atoms with Gasteiger partial charge in [-0.25, -0.2) is 4.79 Å². The smallest absolute Gasteiger partial charge is 0.354 e. The van der Waals surface area contributed by atoms with Crippen molar-refractivity contribution >= 4 is 34.8 Å². The van der Waals surface area contributed by atoms with Crippen molar-refractivity contribution in [2.75, 3.05) is 6.61 Å². The van der Waals surface area contributed by atoms with Gasteiger partial charge in [-0.05, 0) is 41.1 Å². The van der Waals surface area contributed by atoms with Crippen LogP contribution in [0.2, 0.25) is 0 Å². The normalized spacial score (nSPS) is 10.3. The lowest BCUT2D eigenvalue weighted by molar-refractivity contribution is 0.0514. The van der Waals surface area contributed by atoms with Crippen LogP contribution in [0.25, 0.3) is 0 Å². The van der Waals surface area contributed by atoms with E-state index in [0.29, 0.717) is 24.4 Å². The topological polar surface area (TPSA) is 48.3 Å². The molecule has 0 spiro atoms. The highest BCUT2D eigenvalue weighted by atomic mass is 127. The van der Waals surface area contributed by atoms with Crippen LogP contribution in [0.5, 0.6) is 0 Å². The van der Waals surface area contributed by atoms with Gasteiger partial charge >= 0.3 is 5.97 Å². The second-order valence-electron chi connectivity index (χ2n) is 4.19. The number of aromatic nitrogens is 1. The van der Waals surface area contributed by atoms with Crippen molar-refractivity contribution < 1.29 is 14.3 Å². The summed E-state index contributed by atoms with van der Waals surface area (Å²) < 4.78 is 7.58. The van der Waals surface area contributed by atoms with Crippen molar-refractivity contribution in [1.29, 1.82) is 0 Å². The molecule has 1 heterocycles. The predicted molar refractivity (Wildman–Crippen MR) is 84.0 cm³/mol. The first-order valence-corrected chi connectivity index (χ1v) is 7.30. The molecule has 0 fully saturated rings. The third-order valence-corrected chi connectivity index (χ3v) is 4.06. The molecule has 0 saturated heterocycles. The minimum Gasteiger partial charge on any atom is -0.461 e. The summed E-state index contributed by atoms with van der Waals surface area (Å²) in [6.45, 7) is 2.59. The molecule has 2 aromatic rings. The summed E-state index contributed by atoms with van der Waals surface area (Å²) >= 11 is 2.07. The molecule has 104 valence electrons. The fourth-order valence-corrected chi connectivity index (χ4v) is 2.64. The molecule has 0 N–H and O–H groups in total. The van der Waals surface area contributed by atoms with Crippen LogP contribution in [-0.4, -0.2) is 23.4 Å². The average molecular weight is 383 g/mol. The summed E-state index contributed by atoms with van der Waals surface area (Å²) in [6.07, 6.45) is 0.756. The zero-order valence-corrected chi connectivity index (χ0v) is 13.2. The molecule has 0 bridgehead atoms. The molecule has 0 unspecified atom stereocenters. The number of hydrogen-bond donors (Lipinski definition) is 0. The van der Waals surface area contributed by atoms with E-state index in [4.69, 9.17) is 4.74 Å². The number of carbonyl (C=O) groups is 2. The highest BCUT2D eigenvalue weighted by Crippen LogP contribution is 2.20. The standard InChI is InChI=1S/C15H14INO3/c1-2-20-15(19)13-8-12(10-18)14(16)17(13)9-11-6-4-3-5-7-11/h3-8,10H,2,9H2,1H3. The maximum absolute atomic E-state index is 12.0. The van der Waals surface area contributed by atoms with Crippen LogP contribution in [0.15, 0.2) is 36.4 Å². The number of ether oxygens (including phenoxy) is 1. The molecule has 4 nitrogen and oxygen atoms in total. The average Bonchev–Trinajstić information content (AvgIpc) is 2.77. The first-order chi connectivity index (χ1) is 9.67. The Labute approximate surface area is 130 Å². The lowest BCUT2D eigenvalue weighted by atomic mass is 10.2. The van der Waals surface area contributed by atoms with Crippen LogP contribution in [0.1, 0.15) is 33.3 Å². The van der Waals surface area contributed by atoms with Gasteiger partial charge in [0.25, 0.3) is 0 Å². The van der Waals surface area contributed by atoms with Crippen molar-refractivity contribution in [2.24, 2.45) is 0 Å². The number of aldehydes is 1. The Balaban J connectivity index is 2.41. The minimum atomic E-state index is -0.408. The fraction of sp³-hybridized carbons (Fsp3) is 0.200. The van der Waals surface area contributed by atoms with E-state index < -0.39 is 5.97 Å². The van der Waals surface area contributed by atoms with Crippen molar-refractivity contribution in [1.82, 2.24) is 4.57 Å². The molecule has 1 aromatic heterocycles. The van der Waals surface area contributed by atoms with Gasteiger partial charge in [-0.2, -0.15) is 0 Å². The van der Waals surface area contributed by atoms with E-state index in [2.05, 4.69) is 22.6 Å². The second-order valence-corrected chi connectivity index (χ2v) is 5.21. The second kappa shape index (κ2) is 6.69. The molecular formula is C15H14INO3. The Morgan fingerprint density at radius 3 is 2.65 bits per heavy atom. The van der Waals surface area contributed by atoms with Crippen LogP contribution in [0, 0.1) is 3.70 Å². The fourth-order valence-electron chi connectivity index (χ4n) is 1.92. The van der Waals surface area contributed by atoms with Crippen LogP contribution in [0.4, 0.5) is 0 Å². The van der Waals surface area contributed by atoms with Gasteiger partial charge in [-0.15, -0.1) is 0 Å². The summed E-state index contributed by atoms with van der Waals surface area (Å²) in [5.74, 6) is -0.408. The molecule has 0 saturated carbocycles. The molecule has 0 aliphatic heterocycles. The molecule has 5 heteroatoms. The molecule has 2 rings (SSSR count). The van der Waals surface area contributed by atoms with Crippen LogP contribution >= 0.6 is 22.6 Å². The van der Waals surface area contributed by atoms with Crippen molar-refractivity contribution in [2.45, 2.75) is 13.5 Å². The molecule has 0 aliphatic carbocycles. The van der Waals surface area contributed by atoms with E-state index in [1.165, 1.54) is 0 Å². The molecule has 20 heavy (non-hydrogen) atoms. The van der Waals surface area contributed by atoms with Gasteiger partial charge in [0.1, 0.15) is 5.69 Å². The minimum absolute atomic E-state index is 0.308.